The van der Waals surface area contributed by atoms with Crippen molar-refractivity contribution >= 4 is 11.8 Å². The lowest BCUT2D eigenvalue weighted by Crippen LogP contribution is -2.70. The minimum atomic E-state index is -0.731. The SMILES string of the molecule is CCC1(C)NC(=O)C(C)N(C2CC=CCC2)C1=O. The number of carbonyl (C=O) groups is 2. The van der Waals surface area contributed by atoms with Crippen molar-refractivity contribution in [1.82, 2.24) is 10.2 Å². The molecular formula is C14H22N2O2. The number of nitrogens with zero attached hydrogens (tertiary/aromatic N) is 1. The number of hydrogen-bond acceptors (Lipinski definition) is 2. The standard InChI is InChI=1S/C14H22N2O2/c1-4-14(3)13(18)16(10(2)12(17)15-14)11-8-6-5-7-9-11/h5-6,10-11H,4,7-9H2,1-3H3,(H,15,17). The van der Waals surface area contributed by atoms with Gasteiger partial charge in [0.15, 0.2) is 0 Å². The molecule has 1 fully saturated rings. The first-order valence-corrected chi connectivity index (χ1v) is 6.79. The number of nitrogens with one attached hydrogen (secondary N) is 1. The summed E-state index contributed by atoms with van der Waals surface area (Å²) in [6, 6.07) is -0.178. The smallest absolute Gasteiger partial charge is 0.248 e. The first-order valence-electron chi connectivity index (χ1n) is 6.79. The lowest BCUT2D eigenvalue weighted by atomic mass is 9.88. The van der Waals surface area contributed by atoms with Crippen molar-refractivity contribution in [2.45, 2.75) is 64.1 Å². The average Bonchev–Trinajstić information content (AvgIpc) is 2.38. The zero-order chi connectivity index (χ0) is 13.3. The Morgan fingerprint density at radius 3 is 2.72 bits per heavy atom. The summed E-state index contributed by atoms with van der Waals surface area (Å²) in [6.07, 6.45) is 7.70. The predicted molar refractivity (Wildman–Crippen MR) is 69.9 cm³/mol. The maximum atomic E-state index is 12.6. The van der Waals surface area contributed by atoms with Gasteiger partial charge in [0.1, 0.15) is 11.6 Å². The highest BCUT2D eigenvalue weighted by atomic mass is 16.2. The number of rotatable bonds is 2. The van der Waals surface area contributed by atoms with Gasteiger partial charge >= 0.3 is 0 Å². The number of allylic oxidation sites excluding steroid dienone is 1. The van der Waals surface area contributed by atoms with Crippen LogP contribution in [-0.4, -0.2) is 34.3 Å². The van der Waals surface area contributed by atoms with Crippen LogP contribution in [0.2, 0.25) is 0 Å². The van der Waals surface area contributed by atoms with Crippen LogP contribution in [0.1, 0.15) is 46.5 Å². The molecule has 1 aliphatic carbocycles. The van der Waals surface area contributed by atoms with Gasteiger partial charge in [-0.2, -0.15) is 0 Å². The van der Waals surface area contributed by atoms with Crippen molar-refractivity contribution in [2.24, 2.45) is 0 Å². The molecule has 0 aromatic carbocycles. The normalized spacial score (nSPS) is 36.7. The maximum Gasteiger partial charge on any atom is 0.248 e. The Balaban J connectivity index is 2.27. The van der Waals surface area contributed by atoms with E-state index in [1.807, 2.05) is 25.7 Å². The first kappa shape index (κ1) is 13.1. The van der Waals surface area contributed by atoms with Crippen LogP contribution in [0.4, 0.5) is 0 Å². The van der Waals surface area contributed by atoms with E-state index < -0.39 is 5.54 Å². The lowest BCUT2D eigenvalue weighted by Gasteiger charge is -2.46. The van der Waals surface area contributed by atoms with Gasteiger partial charge in [-0.15, -0.1) is 0 Å². The molecule has 0 spiro atoms. The van der Waals surface area contributed by atoms with Gasteiger partial charge in [0, 0.05) is 6.04 Å². The van der Waals surface area contributed by atoms with Crippen LogP contribution in [-0.2, 0) is 9.59 Å². The third-order valence-corrected chi connectivity index (χ3v) is 4.24. The fraction of sp³-hybridized carbons (Fsp3) is 0.714. The molecule has 2 amide bonds. The molecule has 2 aliphatic rings. The van der Waals surface area contributed by atoms with Crippen molar-refractivity contribution in [3.63, 3.8) is 0 Å². The summed E-state index contributed by atoms with van der Waals surface area (Å²) in [4.78, 5) is 26.5. The van der Waals surface area contributed by atoms with E-state index in [2.05, 4.69) is 17.5 Å². The Hall–Kier alpha value is -1.32. The zero-order valence-electron chi connectivity index (χ0n) is 11.4. The van der Waals surface area contributed by atoms with E-state index >= 15 is 0 Å². The van der Waals surface area contributed by atoms with Crippen molar-refractivity contribution in [3.05, 3.63) is 12.2 Å². The number of amides is 2. The molecule has 0 aromatic heterocycles. The quantitative estimate of drug-likeness (QED) is 0.757. The summed E-state index contributed by atoms with van der Waals surface area (Å²) >= 11 is 0. The summed E-state index contributed by atoms with van der Waals surface area (Å²) < 4.78 is 0. The number of piperazine rings is 1. The van der Waals surface area contributed by atoms with E-state index in [1.165, 1.54) is 0 Å². The average molecular weight is 250 g/mol. The van der Waals surface area contributed by atoms with E-state index in [0.29, 0.717) is 6.42 Å². The Kier molecular flexibility index (Phi) is 3.46. The van der Waals surface area contributed by atoms with E-state index in [-0.39, 0.29) is 23.9 Å². The van der Waals surface area contributed by atoms with Gasteiger partial charge < -0.3 is 10.2 Å². The first-order chi connectivity index (χ1) is 8.49. The third-order valence-electron chi connectivity index (χ3n) is 4.24. The van der Waals surface area contributed by atoms with Gasteiger partial charge in [0.2, 0.25) is 11.8 Å². The maximum absolute atomic E-state index is 12.6. The molecule has 0 radical (unpaired) electrons. The van der Waals surface area contributed by atoms with E-state index in [9.17, 15) is 9.59 Å². The number of hydrogen-bond donors (Lipinski definition) is 1. The summed E-state index contributed by atoms with van der Waals surface area (Å²) in [5.41, 5.74) is -0.731. The van der Waals surface area contributed by atoms with Gasteiger partial charge in [0.05, 0.1) is 0 Å². The highest BCUT2D eigenvalue weighted by molar-refractivity contribution is 5.99. The molecule has 18 heavy (non-hydrogen) atoms. The highest BCUT2D eigenvalue weighted by Crippen LogP contribution is 2.27. The van der Waals surface area contributed by atoms with Crippen LogP contribution in [0, 0.1) is 0 Å². The lowest BCUT2D eigenvalue weighted by molar-refractivity contribution is -0.156. The molecule has 3 unspecified atom stereocenters. The second kappa shape index (κ2) is 4.75. The Labute approximate surface area is 108 Å². The second-order valence-corrected chi connectivity index (χ2v) is 5.50. The van der Waals surface area contributed by atoms with Gasteiger partial charge in [-0.1, -0.05) is 19.1 Å². The molecule has 0 aromatic rings. The van der Waals surface area contributed by atoms with Crippen molar-refractivity contribution in [1.29, 1.82) is 0 Å². The Bertz CT molecular complexity index is 391. The van der Waals surface area contributed by atoms with Gasteiger partial charge in [-0.3, -0.25) is 9.59 Å². The van der Waals surface area contributed by atoms with Crippen LogP contribution in [0.3, 0.4) is 0 Å². The predicted octanol–water partition coefficient (Wildman–Crippen LogP) is 1.61. The van der Waals surface area contributed by atoms with Crippen LogP contribution in [0.15, 0.2) is 12.2 Å². The minimum absolute atomic E-state index is 0.0338. The molecule has 1 saturated heterocycles. The third kappa shape index (κ3) is 2.04. The molecule has 1 N–H and O–H groups in total. The molecule has 3 atom stereocenters. The van der Waals surface area contributed by atoms with Crippen LogP contribution in [0.25, 0.3) is 0 Å². The summed E-state index contributed by atoms with van der Waals surface area (Å²) in [5, 5.41) is 2.86. The van der Waals surface area contributed by atoms with Crippen molar-refractivity contribution in [3.8, 4) is 0 Å². The largest absolute Gasteiger partial charge is 0.340 e. The monoisotopic (exact) mass is 250 g/mol. The van der Waals surface area contributed by atoms with Crippen LogP contribution < -0.4 is 5.32 Å². The van der Waals surface area contributed by atoms with Gasteiger partial charge in [-0.25, -0.2) is 0 Å². The highest BCUT2D eigenvalue weighted by Gasteiger charge is 2.47. The van der Waals surface area contributed by atoms with Gasteiger partial charge in [0.25, 0.3) is 0 Å². The molecule has 2 rings (SSSR count). The molecular weight excluding hydrogens is 228 g/mol. The van der Waals surface area contributed by atoms with E-state index in [1.54, 1.807) is 0 Å². The van der Waals surface area contributed by atoms with Crippen molar-refractivity contribution < 1.29 is 9.59 Å². The summed E-state index contributed by atoms with van der Waals surface area (Å²) in [7, 11) is 0. The zero-order valence-corrected chi connectivity index (χ0v) is 11.4. The minimum Gasteiger partial charge on any atom is -0.340 e. The molecule has 0 bridgehead atoms. The van der Waals surface area contributed by atoms with Crippen LogP contribution >= 0.6 is 0 Å². The second-order valence-electron chi connectivity index (χ2n) is 5.50. The molecule has 4 nitrogen and oxygen atoms in total. The molecule has 1 aliphatic heterocycles. The fourth-order valence-electron chi connectivity index (χ4n) is 2.77. The molecule has 4 heteroatoms. The molecule has 0 saturated carbocycles. The Morgan fingerprint density at radius 1 is 1.44 bits per heavy atom. The van der Waals surface area contributed by atoms with Crippen molar-refractivity contribution in [2.75, 3.05) is 0 Å². The fourth-order valence-corrected chi connectivity index (χ4v) is 2.77. The van der Waals surface area contributed by atoms with Gasteiger partial charge in [-0.05, 0) is 39.5 Å². The van der Waals surface area contributed by atoms with E-state index in [0.717, 1.165) is 19.3 Å². The Morgan fingerprint density at radius 2 is 2.17 bits per heavy atom. The topological polar surface area (TPSA) is 49.4 Å². The molecule has 1 heterocycles. The molecule has 100 valence electrons. The van der Waals surface area contributed by atoms with E-state index in [4.69, 9.17) is 0 Å². The summed E-state index contributed by atoms with van der Waals surface area (Å²) in [6.45, 7) is 5.58. The number of carbonyl (C=O) groups excluding carboxylic acids is 2. The summed E-state index contributed by atoms with van der Waals surface area (Å²) in [5.74, 6) is 0.0332. The van der Waals surface area contributed by atoms with Crippen LogP contribution in [0.5, 0.6) is 0 Å².